The van der Waals surface area contributed by atoms with Gasteiger partial charge in [-0.2, -0.15) is 0 Å². The van der Waals surface area contributed by atoms with Gasteiger partial charge in [0.05, 0.1) is 51.2 Å². The van der Waals surface area contributed by atoms with E-state index in [4.69, 9.17) is 38.9 Å². The second-order valence-corrected chi connectivity index (χ2v) is 39.5. The van der Waals surface area contributed by atoms with E-state index in [1.165, 1.54) is 55.6 Å². The van der Waals surface area contributed by atoms with E-state index >= 15 is 0 Å². The molecule has 0 amide bonds. The first-order chi connectivity index (χ1) is 70.3. The van der Waals surface area contributed by atoms with Crippen molar-refractivity contribution in [2.24, 2.45) is 0 Å². The fraction of sp³-hybridized carbons (Fsp3) is 0.103. The number of hydrogen-bond donors (Lipinski definition) is 0. The summed E-state index contributed by atoms with van der Waals surface area (Å²) < 4.78 is 24.9. The number of nitrogens with zero attached hydrogens (tertiary/aromatic N) is 4. The molecular formula is C136H102N4O4Zn. The van der Waals surface area contributed by atoms with Crippen LogP contribution < -0.4 is 28.9 Å². The van der Waals surface area contributed by atoms with Crippen molar-refractivity contribution in [3.63, 3.8) is 0 Å². The number of aryl methyl sites for hydroxylation is 8. The van der Waals surface area contributed by atoms with Gasteiger partial charge in [-0.05, 0) is 389 Å². The smallest absolute Gasteiger partial charge is 0.656 e. The first kappa shape index (κ1) is 90.7. The van der Waals surface area contributed by atoms with E-state index in [9.17, 15) is 0 Å². The average Bonchev–Trinajstić information content (AvgIpc) is 1.54. The van der Waals surface area contributed by atoms with Crippen LogP contribution in [-0.2, 0) is 32.3 Å². The molecule has 145 heavy (non-hydrogen) atoms. The molecule has 0 atom stereocenters. The Labute approximate surface area is 858 Å². The quantitative estimate of drug-likeness (QED) is 0.0884. The molecule has 19 aromatic carbocycles. The van der Waals surface area contributed by atoms with Crippen LogP contribution in [0.5, 0.6) is 23.0 Å². The predicted molar refractivity (Wildman–Crippen MR) is 599 cm³/mol. The summed E-state index contributed by atoms with van der Waals surface area (Å²) in [5.74, 6) is 2.85. The van der Waals surface area contributed by atoms with Crippen LogP contribution in [0.4, 0.5) is 0 Å². The van der Waals surface area contributed by atoms with E-state index < -0.39 is 0 Å². The molecule has 2 aliphatic carbocycles. The zero-order chi connectivity index (χ0) is 97.6. The fourth-order valence-electron chi connectivity index (χ4n) is 22.1. The summed E-state index contributed by atoms with van der Waals surface area (Å²) in [7, 11) is 6.97. The molecule has 0 radical (unpaired) electrons. The number of ether oxygens (including phenoxy) is 4. The van der Waals surface area contributed by atoms with Crippen LogP contribution in [0.1, 0.15) is 66.8 Å². The summed E-state index contributed by atoms with van der Waals surface area (Å²) in [5, 5.41) is 8.09. The first-order valence-corrected chi connectivity index (χ1v) is 49.6. The molecule has 0 N–H and O–H groups in total. The Morgan fingerprint density at radius 3 is 0.552 bits per heavy atom. The molecule has 0 spiro atoms. The number of fused-ring (bicyclic) bond motifs is 4. The standard InChI is InChI=1S/C136H102N4O4.Zn/c1-77-13-29-85(30-14-77)109-61-97-69-117-118(70-98(97)62-110(109)86-31-15-78(2)16-32-86)130-126(94-47-55-106(142-10)56-48-94)132-121-73-101-65-113(89-37-21-81(5)22-38-89)114(90-39-23-82(6)24-40-90)66-102(101)74-122(121)134(139-132)128(96-51-59-108(144-12)60-52-96)136-124-76-104-68-116(92-43-27-84(8)28-44-92)115(91-41-25-83(7)26-42-91)67-103(104)75-123(124)135(140-136)127(95-49-57-107(143-11)58-50-95)133-120-72-100-64-112(88-35-19-80(4)20-36-88)111(87-33-17-79(3)18-34-87)63-99(100)71-119(120)131(138-133)125(129(117)137-130)93-45-53-105(141-9)54-46-93;/h13-74H,75-76H2,1-12H3;/q-2;+2. The molecule has 21 aromatic rings. The minimum Gasteiger partial charge on any atom is -0.656 e. The third-order valence-corrected chi connectivity index (χ3v) is 30.1. The van der Waals surface area contributed by atoms with Gasteiger partial charge >= 0.3 is 19.5 Å². The third kappa shape index (κ3) is 16.2. The van der Waals surface area contributed by atoms with E-state index in [2.05, 4.69) is 432 Å². The van der Waals surface area contributed by atoms with Crippen molar-refractivity contribution in [2.75, 3.05) is 28.4 Å². The molecule has 9 heteroatoms. The van der Waals surface area contributed by atoms with Crippen molar-refractivity contribution in [1.29, 1.82) is 0 Å². The molecule has 692 valence electrons. The zero-order valence-electron chi connectivity index (χ0n) is 83.3. The van der Waals surface area contributed by atoms with Crippen molar-refractivity contribution < 1.29 is 38.4 Å². The van der Waals surface area contributed by atoms with Gasteiger partial charge in [-0.1, -0.05) is 298 Å². The molecule has 4 heterocycles. The minimum absolute atomic E-state index is 0. The monoisotopic (exact) mass is 1920 g/mol. The molecule has 25 rings (SSSR count). The van der Waals surface area contributed by atoms with Gasteiger partial charge in [0.25, 0.3) is 0 Å². The molecule has 2 aliphatic heterocycles. The van der Waals surface area contributed by atoms with Crippen molar-refractivity contribution in [2.45, 2.75) is 68.2 Å². The Balaban J connectivity index is 0.0000113. The van der Waals surface area contributed by atoms with Crippen LogP contribution in [0, 0.1) is 55.4 Å². The van der Waals surface area contributed by atoms with Gasteiger partial charge in [0.15, 0.2) is 0 Å². The Morgan fingerprint density at radius 2 is 0.352 bits per heavy atom. The van der Waals surface area contributed by atoms with E-state index in [0.29, 0.717) is 35.8 Å². The largest absolute Gasteiger partial charge is 2.00 e. The van der Waals surface area contributed by atoms with Crippen LogP contribution in [0.25, 0.3) is 244 Å². The van der Waals surface area contributed by atoms with Crippen molar-refractivity contribution in [3.05, 3.63) is 443 Å². The predicted octanol–water partition coefficient (Wildman–Crippen LogP) is 34.9. The number of benzene rings is 19. The van der Waals surface area contributed by atoms with Gasteiger partial charge in [-0.3, -0.25) is 0 Å². The minimum atomic E-state index is 0. The summed E-state index contributed by atoms with van der Waals surface area (Å²) in [6.45, 7) is 17.3. The van der Waals surface area contributed by atoms with E-state index in [1.54, 1.807) is 28.4 Å². The number of rotatable bonds is 16. The number of hydrogen-bond acceptors (Lipinski definition) is 6. The number of methoxy groups -OCH3 is 4. The Bertz CT molecular complexity index is 8650. The maximum absolute atomic E-state index is 6.69. The first-order valence-electron chi connectivity index (χ1n) is 49.6. The molecule has 8 nitrogen and oxygen atoms in total. The Hall–Kier alpha value is -16.8. The van der Waals surface area contributed by atoms with Gasteiger partial charge < -0.3 is 28.9 Å². The van der Waals surface area contributed by atoms with Gasteiger partial charge in [-0.15, -0.1) is 22.1 Å². The summed E-state index contributed by atoms with van der Waals surface area (Å²) in [5.41, 5.74) is 48.8. The average molecular weight is 1920 g/mol. The Morgan fingerprint density at radius 1 is 0.186 bits per heavy atom. The van der Waals surface area contributed by atoms with Gasteiger partial charge in [0.2, 0.25) is 0 Å². The van der Waals surface area contributed by atoms with Crippen LogP contribution in [0.2, 0.25) is 0 Å². The van der Waals surface area contributed by atoms with Gasteiger partial charge in [0, 0.05) is 22.3 Å². The van der Waals surface area contributed by atoms with Crippen molar-refractivity contribution in [3.8, 4) is 202 Å². The molecule has 2 aromatic heterocycles. The summed E-state index contributed by atoms with van der Waals surface area (Å²) in [6.07, 6.45) is 1.02. The van der Waals surface area contributed by atoms with Crippen molar-refractivity contribution >= 4 is 65.2 Å². The maximum atomic E-state index is 6.69. The fourth-order valence-corrected chi connectivity index (χ4v) is 22.1. The van der Waals surface area contributed by atoms with Crippen molar-refractivity contribution in [1.82, 2.24) is 19.9 Å². The summed E-state index contributed by atoms with van der Waals surface area (Å²) in [4.78, 5) is 26.6. The second-order valence-electron chi connectivity index (χ2n) is 39.5. The molecule has 0 saturated carbocycles. The van der Waals surface area contributed by atoms with Gasteiger partial charge in [-0.25, -0.2) is 9.97 Å². The SMILES string of the molecule is COc1ccc(-c2c3nc(c(-c4ccc(OC)cc4)c4[n-]c(c(-c5ccc(OC)cc5)c5nc(c(-c6ccc(OC)cc6)c6[n-]c2c2c6Cc6cc(-c7ccc(C)cc7)c(-c7ccc(C)cc7)cc6C2)-c2cc6cc(-c7ccc(C)cc7)c(-c7ccc(C)cc7)cc6cc2-5)c2cc5cc(-c6ccc(C)cc6)c(-c6ccc(C)cc6)cc5cc42)-c2cc4cc(-c5ccc(C)cc5)c(-c5ccc(C)cc5)cc4cc2-3)cc1.[Zn+2]. The normalized spacial score (nSPS) is 11.9. The number of aromatic nitrogens is 4. The molecule has 0 fully saturated rings. The van der Waals surface area contributed by atoms with Crippen LogP contribution in [0.3, 0.4) is 0 Å². The van der Waals surface area contributed by atoms with Crippen LogP contribution >= 0.6 is 0 Å². The van der Waals surface area contributed by atoms with Gasteiger partial charge in [0.1, 0.15) is 23.0 Å². The zero-order valence-corrected chi connectivity index (χ0v) is 86.3. The van der Waals surface area contributed by atoms with Crippen LogP contribution in [-0.4, -0.2) is 38.4 Å². The van der Waals surface area contributed by atoms with E-state index in [-0.39, 0.29) is 19.5 Å². The second kappa shape index (κ2) is 36.6. The van der Waals surface area contributed by atoms with E-state index in [1.807, 2.05) is 0 Å². The van der Waals surface area contributed by atoms with Crippen LogP contribution in [0.15, 0.2) is 376 Å². The molecule has 8 bridgehead atoms. The molecule has 0 unspecified atom stereocenters. The molecule has 4 aliphatic rings. The summed E-state index contributed by atoms with van der Waals surface area (Å²) >= 11 is 0. The molecular weight excluding hydrogens is 1820 g/mol. The van der Waals surface area contributed by atoms with E-state index in [0.717, 1.165) is 255 Å². The maximum Gasteiger partial charge on any atom is 2.00 e. The molecule has 0 saturated heterocycles. The Kier molecular flexibility index (Phi) is 22.9. The topological polar surface area (TPSA) is 90.9 Å². The third-order valence-electron chi connectivity index (χ3n) is 30.1. The summed E-state index contributed by atoms with van der Waals surface area (Å²) in [6, 6.07) is 140.